The fraction of sp³-hybridized carbons (Fsp3) is 0.333. The number of aryl methyl sites for hydroxylation is 2. The molecule has 0 aliphatic heterocycles. The summed E-state index contributed by atoms with van der Waals surface area (Å²) in [7, 11) is 0. The molecule has 26 heavy (non-hydrogen) atoms. The van der Waals surface area contributed by atoms with E-state index < -0.39 is 0 Å². The van der Waals surface area contributed by atoms with E-state index in [1.807, 2.05) is 18.2 Å². The molecule has 3 rings (SSSR count). The van der Waals surface area contributed by atoms with E-state index in [2.05, 4.69) is 5.32 Å². The van der Waals surface area contributed by atoms with Crippen LogP contribution in [0.25, 0.3) is 0 Å². The van der Waals surface area contributed by atoms with Crippen molar-refractivity contribution in [2.45, 2.75) is 32.1 Å². The first-order valence-electron chi connectivity index (χ1n) is 9.03. The molecule has 0 radical (unpaired) electrons. The molecule has 0 unspecified atom stereocenters. The number of ether oxygens (including phenoxy) is 1. The van der Waals surface area contributed by atoms with Gasteiger partial charge in [0.15, 0.2) is 5.78 Å². The van der Waals surface area contributed by atoms with E-state index in [0.717, 1.165) is 19.3 Å². The van der Waals surface area contributed by atoms with E-state index in [4.69, 9.17) is 10.5 Å². The van der Waals surface area contributed by atoms with Crippen molar-refractivity contribution in [3.8, 4) is 5.75 Å². The number of carbonyl (C=O) groups is 2. The second-order valence-corrected chi connectivity index (χ2v) is 6.47. The monoisotopic (exact) mass is 352 g/mol. The molecule has 1 aliphatic rings. The molecule has 0 saturated heterocycles. The number of hydrogen-bond acceptors (Lipinski definition) is 4. The van der Waals surface area contributed by atoms with Crippen LogP contribution in [-0.4, -0.2) is 24.8 Å². The Kier molecular flexibility index (Phi) is 6.02. The molecule has 2 aromatic carbocycles. The number of nitrogens with one attached hydrogen (secondary N) is 1. The number of Topliss-reactive ketones (excluding diaryl/α,β-unsaturated/α-hetero) is 1. The molecule has 0 saturated carbocycles. The molecule has 0 heterocycles. The first-order valence-corrected chi connectivity index (χ1v) is 9.03. The van der Waals surface area contributed by atoms with Crippen molar-refractivity contribution in [2.75, 3.05) is 18.5 Å². The average Bonchev–Trinajstić information content (AvgIpc) is 3.13. The van der Waals surface area contributed by atoms with Crippen LogP contribution in [0.3, 0.4) is 0 Å². The van der Waals surface area contributed by atoms with E-state index in [0.29, 0.717) is 30.2 Å². The van der Waals surface area contributed by atoms with Crippen LogP contribution in [0, 0.1) is 0 Å². The highest BCUT2D eigenvalue weighted by Gasteiger charge is 2.15. The lowest BCUT2D eigenvalue weighted by Gasteiger charge is -2.08. The van der Waals surface area contributed by atoms with Gasteiger partial charge in [-0.2, -0.15) is 0 Å². The maximum atomic E-state index is 12.3. The quantitative estimate of drug-likeness (QED) is 0.715. The minimum Gasteiger partial charge on any atom is -0.492 e. The molecule has 0 bridgehead atoms. The Morgan fingerprint density at radius 3 is 2.54 bits per heavy atom. The molecule has 136 valence electrons. The molecule has 0 spiro atoms. The van der Waals surface area contributed by atoms with Crippen LogP contribution in [0.15, 0.2) is 42.5 Å². The highest BCUT2D eigenvalue weighted by Crippen LogP contribution is 2.23. The third kappa shape index (κ3) is 4.70. The summed E-state index contributed by atoms with van der Waals surface area (Å²) in [6.45, 7) is 0.910. The Bertz CT molecular complexity index is 784. The Morgan fingerprint density at radius 2 is 1.77 bits per heavy atom. The van der Waals surface area contributed by atoms with Crippen LogP contribution < -0.4 is 15.8 Å². The highest BCUT2D eigenvalue weighted by atomic mass is 16.5. The van der Waals surface area contributed by atoms with Crippen molar-refractivity contribution in [3.05, 3.63) is 59.2 Å². The lowest BCUT2D eigenvalue weighted by atomic mass is 10.0. The molecule has 0 aromatic heterocycles. The van der Waals surface area contributed by atoms with Gasteiger partial charge in [-0.05, 0) is 60.7 Å². The number of carbonyl (C=O) groups excluding carboxylic acids is 2. The molecule has 0 atom stereocenters. The highest BCUT2D eigenvalue weighted by molar-refractivity contribution is 6.00. The molecule has 1 amide bonds. The number of amides is 1. The summed E-state index contributed by atoms with van der Waals surface area (Å²) >= 11 is 0. The molecule has 2 aromatic rings. The maximum Gasteiger partial charge on any atom is 0.224 e. The number of nitrogens with two attached hydrogens (primary N) is 1. The molecule has 5 heteroatoms. The zero-order valence-corrected chi connectivity index (χ0v) is 14.8. The van der Waals surface area contributed by atoms with Crippen molar-refractivity contribution >= 4 is 17.4 Å². The van der Waals surface area contributed by atoms with Gasteiger partial charge < -0.3 is 15.8 Å². The van der Waals surface area contributed by atoms with Crippen LogP contribution in [0.1, 0.15) is 40.7 Å². The first-order chi connectivity index (χ1) is 12.7. The van der Waals surface area contributed by atoms with Crippen LogP contribution in [-0.2, 0) is 17.6 Å². The van der Waals surface area contributed by atoms with E-state index in [1.54, 1.807) is 24.3 Å². The van der Waals surface area contributed by atoms with Crippen LogP contribution >= 0.6 is 0 Å². The fourth-order valence-corrected chi connectivity index (χ4v) is 3.15. The van der Waals surface area contributed by atoms with Gasteiger partial charge in [-0.1, -0.05) is 12.1 Å². The minimum absolute atomic E-state index is 0.0142. The van der Waals surface area contributed by atoms with Crippen LogP contribution in [0.4, 0.5) is 5.69 Å². The number of ketones is 1. The van der Waals surface area contributed by atoms with Gasteiger partial charge in [0, 0.05) is 30.6 Å². The van der Waals surface area contributed by atoms with E-state index >= 15 is 0 Å². The lowest BCUT2D eigenvalue weighted by Crippen LogP contribution is -2.14. The van der Waals surface area contributed by atoms with Crippen molar-refractivity contribution < 1.29 is 14.3 Å². The largest absolute Gasteiger partial charge is 0.492 e. The minimum atomic E-state index is -0.171. The summed E-state index contributed by atoms with van der Waals surface area (Å²) in [4.78, 5) is 24.4. The van der Waals surface area contributed by atoms with Gasteiger partial charge in [0.05, 0.1) is 0 Å². The Balaban J connectivity index is 1.48. The average molecular weight is 352 g/mol. The van der Waals surface area contributed by atoms with E-state index in [1.165, 1.54) is 11.1 Å². The van der Waals surface area contributed by atoms with Gasteiger partial charge >= 0.3 is 0 Å². The molecular weight excluding hydrogens is 328 g/mol. The Hall–Kier alpha value is -2.66. The summed E-state index contributed by atoms with van der Waals surface area (Å²) in [5, 5.41) is 2.80. The SMILES string of the molecule is NCCOc1ccc(NC(=O)CCC(=O)c2ccc3c(c2)CCC3)cc1. The van der Waals surface area contributed by atoms with Crippen LogP contribution in [0.2, 0.25) is 0 Å². The molecular formula is C21H24N2O3. The van der Waals surface area contributed by atoms with Gasteiger partial charge in [-0.3, -0.25) is 9.59 Å². The predicted octanol–water partition coefficient (Wildman–Crippen LogP) is 3.11. The normalized spacial score (nSPS) is 12.5. The summed E-state index contributed by atoms with van der Waals surface area (Å²) in [5.74, 6) is 0.552. The van der Waals surface area contributed by atoms with Gasteiger partial charge in [0.25, 0.3) is 0 Å². The fourth-order valence-electron chi connectivity index (χ4n) is 3.15. The predicted molar refractivity (Wildman–Crippen MR) is 102 cm³/mol. The smallest absolute Gasteiger partial charge is 0.224 e. The van der Waals surface area contributed by atoms with Crippen molar-refractivity contribution in [1.29, 1.82) is 0 Å². The Morgan fingerprint density at radius 1 is 1.00 bits per heavy atom. The molecule has 0 fully saturated rings. The summed E-state index contributed by atoms with van der Waals surface area (Å²) < 4.78 is 5.39. The summed E-state index contributed by atoms with van der Waals surface area (Å²) in [6, 6.07) is 13.0. The third-order valence-electron chi connectivity index (χ3n) is 4.52. The molecule has 3 N–H and O–H groups in total. The maximum absolute atomic E-state index is 12.3. The van der Waals surface area contributed by atoms with Gasteiger partial charge in [0.1, 0.15) is 12.4 Å². The zero-order valence-electron chi connectivity index (χ0n) is 14.8. The zero-order chi connectivity index (χ0) is 18.4. The number of rotatable bonds is 8. The summed E-state index contributed by atoms with van der Waals surface area (Å²) in [6.07, 6.45) is 3.68. The lowest BCUT2D eigenvalue weighted by molar-refractivity contribution is -0.116. The second-order valence-electron chi connectivity index (χ2n) is 6.47. The van der Waals surface area contributed by atoms with Crippen LogP contribution in [0.5, 0.6) is 5.75 Å². The number of hydrogen-bond donors (Lipinski definition) is 2. The number of benzene rings is 2. The summed E-state index contributed by atoms with van der Waals surface area (Å²) in [5.41, 5.74) is 9.40. The first kappa shape index (κ1) is 18.1. The van der Waals surface area contributed by atoms with Crippen molar-refractivity contribution in [2.24, 2.45) is 5.73 Å². The van der Waals surface area contributed by atoms with Gasteiger partial charge in [0.2, 0.25) is 5.91 Å². The molecule has 5 nitrogen and oxygen atoms in total. The van der Waals surface area contributed by atoms with Gasteiger partial charge in [-0.15, -0.1) is 0 Å². The van der Waals surface area contributed by atoms with E-state index in [9.17, 15) is 9.59 Å². The number of fused-ring (bicyclic) bond motifs is 1. The number of anilines is 1. The van der Waals surface area contributed by atoms with Gasteiger partial charge in [-0.25, -0.2) is 0 Å². The Labute approximate surface area is 153 Å². The van der Waals surface area contributed by atoms with E-state index in [-0.39, 0.29) is 24.5 Å². The molecule has 1 aliphatic carbocycles. The third-order valence-corrected chi connectivity index (χ3v) is 4.52. The standard InChI is InChI=1S/C21H24N2O3/c22-12-13-26-19-8-6-18(7-9-19)23-21(25)11-10-20(24)17-5-4-15-2-1-3-16(15)14-17/h4-9,14H,1-3,10-13,22H2,(H,23,25). The topological polar surface area (TPSA) is 81.4 Å². The van der Waals surface area contributed by atoms with Crippen molar-refractivity contribution in [1.82, 2.24) is 0 Å². The second kappa shape index (κ2) is 8.63. The van der Waals surface area contributed by atoms with Crippen molar-refractivity contribution in [3.63, 3.8) is 0 Å².